The molecule has 1 aromatic rings. The van der Waals surface area contributed by atoms with Crippen molar-refractivity contribution in [1.29, 1.82) is 0 Å². The molecule has 2 rings (SSSR count). The summed E-state index contributed by atoms with van der Waals surface area (Å²) >= 11 is 0. The summed E-state index contributed by atoms with van der Waals surface area (Å²) in [6.45, 7) is 4.32. The van der Waals surface area contributed by atoms with Crippen molar-refractivity contribution in [1.82, 2.24) is 0 Å². The van der Waals surface area contributed by atoms with E-state index in [-0.39, 0.29) is 0 Å². The topological polar surface area (TPSA) is 30.8 Å². The average molecular weight is 205 g/mol. The molecule has 1 atom stereocenters. The first-order chi connectivity index (χ1) is 7.30. The number of benzene rings is 1. The lowest BCUT2D eigenvalue weighted by atomic mass is 9.77. The van der Waals surface area contributed by atoms with E-state index in [1.807, 2.05) is 12.1 Å². The van der Waals surface area contributed by atoms with E-state index < -0.39 is 0 Å². The molecule has 0 aromatic heterocycles. The second-order valence-corrected chi connectivity index (χ2v) is 3.71. The number of fused-ring (bicyclic) bond motifs is 1. The van der Waals surface area contributed by atoms with Gasteiger partial charge in [0.05, 0.1) is 14.2 Å². The van der Waals surface area contributed by atoms with E-state index in [0.717, 1.165) is 24.5 Å². The summed E-state index contributed by atoms with van der Waals surface area (Å²) in [6, 6.07) is 4.10. The number of rotatable bonds is 4. The van der Waals surface area contributed by atoms with Crippen molar-refractivity contribution in [2.24, 2.45) is 4.99 Å². The summed E-state index contributed by atoms with van der Waals surface area (Å²) in [5.74, 6) is 2.11. The maximum Gasteiger partial charge on any atom is 0.161 e. The molecule has 0 fully saturated rings. The van der Waals surface area contributed by atoms with Gasteiger partial charge in [-0.3, -0.25) is 0 Å². The minimum atomic E-state index is 0.511. The Hall–Kier alpha value is -1.51. The van der Waals surface area contributed by atoms with Crippen LogP contribution in [0.15, 0.2) is 17.1 Å². The van der Waals surface area contributed by atoms with Crippen molar-refractivity contribution in [3.05, 3.63) is 23.3 Å². The highest BCUT2D eigenvalue weighted by Crippen LogP contribution is 2.42. The Morgan fingerprint density at radius 1 is 1.33 bits per heavy atom. The van der Waals surface area contributed by atoms with E-state index in [2.05, 4.69) is 11.7 Å². The van der Waals surface area contributed by atoms with Gasteiger partial charge in [-0.2, -0.15) is 0 Å². The third kappa shape index (κ3) is 1.58. The summed E-state index contributed by atoms with van der Waals surface area (Å²) in [6.07, 6.45) is 1.06. The molecule has 80 valence electrons. The first kappa shape index (κ1) is 10.0. The molecular weight excluding hydrogens is 190 g/mol. The molecule has 0 saturated heterocycles. The van der Waals surface area contributed by atoms with E-state index in [1.165, 1.54) is 11.1 Å². The number of hydrogen-bond donors (Lipinski definition) is 0. The van der Waals surface area contributed by atoms with E-state index in [9.17, 15) is 0 Å². The van der Waals surface area contributed by atoms with E-state index >= 15 is 0 Å². The normalized spacial score (nSPS) is 17.6. The van der Waals surface area contributed by atoms with Gasteiger partial charge in [-0.05, 0) is 36.4 Å². The molecule has 1 aliphatic carbocycles. The van der Waals surface area contributed by atoms with E-state index in [4.69, 9.17) is 9.47 Å². The monoisotopic (exact) mass is 205 g/mol. The lowest BCUT2D eigenvalue weighted by Gasteiger charge is -2.30. The molecule has 15 heavy (non-hydrogen) atoms. The van der Waals surface area contributed by atoms with Crippen molar-refractivity contribution in [3.63, 3.8) is 0 Å². The molecule has 1 unspecified atom stereocenters. The Balaban J connectivity index is 2.32. The number of ether oxygens (including phenoxy) is 2. The van der Waals surface area contributed by atoms with Crippen LogP contribution in [-0.2, 0) is 6.42 Å². The Morgan fingerprint density at radius 3 is 2.60 bits per heavy atom. The van der Waals surface area contributed by atoms with Gasteiger partial charge in [-0.25, -0.2) is 0 Å². The zero-order valence-corrected chi connectivity index (χ0v) is 9.12. The average Bonchev–Trinajstić information content (AvgIpc) is 2.25. The summed E-state index contributed by atoms with van der Waals surface area (Å²) in [5.41, 5.74) is 2.65. The fourth-order valence-corrected chi connectivity index (χ4v) is 2.06. The van der Waals surface area contributed by atoms with Crippen LogP contribution in [0.4, 0.5) is 0 Å². The van der Waals surface area contributed by atoms with Gasteiger partial charge in [0.2, 0.25) is 0 Å². The number of hydrogen-bond acceptors (Lipinski definition) is 3. The molecule has 1 aromatic carbocycles. The van der Waals surface area contributed by atoms with Crippen molar-refractivity contribution >= 4 is 6.72 Å². The molecule has 0 N–H and O–H groups in total. The van der Waals surface area contributed by atoms with Gasteiger partial charge >= 0.3 is 0 Å². The van der Waals surface area contributed by atoms with Crippen LogP contribution < -0.4 is 9.47 Å². The first-order valence-electron chi connectivity index (χ1n) is 4.97. The van der Waals surface area contributed by atoms with Crippen LogP contribution in [0, 0.1) is 0 Å². The quantitative estimate of drug-likeness (QED) is 0.704. The second-order valence-electron chi connectivity index (χ2n) is 3.71. The number of aliphatic imine (C=N–C) groups is 1. The predicted molar refractivity (Wildman–Crippen MR) is 60.4 cm³/mol. The Bertz CT molecular complexity index is 387. The molecule has 0 saturated carbocycles. The molecular formula is C12H15NO2. The maximum atomic E-state index is 5.26. The lowest BCUT2D eigenvalue weighted by molar-refractivity contribution is 0.352. The SMILES string of the molecule is C=NCC1Cc2cc(OC)c(OC)cc21. The highest BCUT2D eigenvalue weighted by molar-refractivity contribution is 5.53. The van der Waals surface area contributed by atoms with Gasteiger partial charge in [0.25, 0.3) is 0 Å². The van der Waals surface area contributed by atoms with Crippen molar-refractivity contribution in [2.45, 2.75) is 12.3 Å². The van der Waals surface area contributed by atoms with Crippen LogP contribution in [0.5, 0.6) is 11.5 Å². The van der Waals surface area contributed by atoms with E-state index in [0.29, 0.717) is 5.92 Å². The fraction of sp³-hybridized carbons (Fsp3) is 0.417. The van der Waals surface area contributed by atoms with Gasteiger partial charge in [0, 0.05) is 12.5 Å². The largest absolute Gasteiger partial charge is 0.493 e. The summed E-state index contributed by atoms with van der Waals surface area (Å²) < 4.78 is 10.5. The molecule has 1 aliphatic rings. The van der Waals surface area contributed by atoms with Crippen LogP contribution in [-0.4, -0.2) is 27.5 Å². The van der Waals surface area contributed by atoms with Crippen LogP contribution in [0.25, 0.3) is 0 Å². The van der Waals surface area contributed by atoms with Crippen LogP contribution in [0.3, 0.4) is 0 Å². The second kappa shape index (κ2) is 3.93. The molecule has 0 aliphatic heterocycles. The van der Waals surface area contributed by atoms with Gasteiger partial charge in [0.15, 0.2) is 11.5 Å². The zero-order chi connectivity index (χ0) is 10.8. The summed E-state index contributed by atoms with van der Waals surface area (Å²) in [5, 5.41) is 0. The van der Waals surface area contributed by atoms with Gasteiger partial charge in [0.1, 0.15) is 0 Å². The lowest BCUT2D eigenvalue weighted by Crippen LogP contribution is -2.19. The Labute approximate surface area is 89.7 Å². The molecule has 0 bridgehead atoms. The van der Waals surface area contributed by atoms with Crippen molar-refractivity contribution in [2.75, 3.05) is 20.8 Å². The van der Waals surface area contributed by atoms with E-state index in [1.54, 1.807) is 14.2 Å². The Morgan fingerprint density at radius 2 is 2.00 bits per heavy atom. The third-order valence-electron chi connectivity index (χ3n) is 2.90. The van der Waals surface area contributed by atoms with Crippen molar-refractivity contribution in [3.8, 4) is 11.5 Å². The standard InChI is InChI=1S/C12H15NO2/c1-13-7-9-4-8-5-11(14-2)12(15-3)6-10(8)9/h5-6,9H,1,4,7H2,2-3H3. The minimum absolute atomic E-state index is 0.511. The molecule has 0 heterocycles. The highest BCUT2D eigenvalue weighted by atomic mass is 16.5. The smallest absolute Gasteiger partial charge is 0.161 e. The molecule has 0 amide bonds. The maximum absolute atomic E-state index is 5.26. The number of nitrogens with zero attached hydrogens (tertiary/aromatic N) is 1. The third-order valence-corrected chi connectivity index (χ3v) is 2.90. The summed E-state index contributed by atoms with van der Waals surface area (Å²) in [4.78, 5) is 3.93. The van der Waals surface area contributed by atoms with Crippen LogP contribution in [0.1, 0.15) is 17.0 Å². The highest BCUT2D eigenvalue weighted by Gasteiger charge is 2.27. The van der Waals surface area contributed by atoms with Crippen LogP contribution >= 0.6 is 0 Å². The summed E-state index contributed by atoms with van der Waals surface area (Å²) in [7, 11) is 3.31. The van der Waals surface area contributed by atoms with Crippen LogP contribution in [0.2, 0.25) is 0 Å². The number of methoxy groups -OCH3 is 2. The van der Waals surface area contributed by atoms with Gasteiger partial charge < -0.3 is 14.5 Å². The fourth-order valence-electron chi connectivity index (χ4n) is 2.06. The molecule has 3 heteroatoms. The first-order valence-corrected chi connectivity index (χ1v) is 4.97. The van der Waals surface area contributed by atoms with Gasteiger partial charge in [-0.1, -0.05) is 0 Å². The van der Waals surface area contributed by atoms with Gasteiger partial charge in [-0.15, -0.1) is 0 Å². The molecule has 0 spiro atoms. The van der Waals surface area contributed by atoms with Crippen molar-refractivity contribution < 1.29 is 9.47 Å². The Kier molecular flexibility index (Phi) is 2.62. The predicted octanol–water partition coefficient (Wildman–Crippen LogP) is 2.04. The minimum Gasteiger partial charge on any atom is -0.493 e. The molecule has 3 nitrogen and oxygen atoms in total. The molecule has 0 radical (unpaired) electrons. The zero-order valence-electron chi connectivity index (χ0n) is 9.12.